The molecule has 0 unspecified atom stereocenters. The van der Waals surface area contributed by atoms with Crippen LogP contribution in [0.25, 0.3) is 32.9 Å². The van der Waals surface area contributed by atoms with E-state index in [1.807, 2.05) is 52.9 Å². The van der Waals surface area contributed by atoms with Gasteiger partial charge < -0.3 is 25.0 Å². The minimum Gasteiger partial charge on any atom is -0.346 e. The van der Waals surface area contributed by atoms with Gasteiger partial charge in [-0.15, -0.1) is 0 Å². The normalized spacial score (nSPS) is 14.9. The molecule has 1 saturated heterocycles. The number of thiazole rings is 1. The number of nitrogens with one attached hydrogen (secondary N) is 3. The molecule has 5 aromatic rings. The Morgan fingerprint density at radius 1 is 1.15 bits per heavy atom. The van der Waals surface area contributed by atoms with Crippen molar-refractivity contribution in [1.29, 1.82) is 0 Å². The predicted molar refractivity (Wildman–Crippen MR) is 159 cm³/mol. The minimum absolute atomic E-state index is 0.0383. The topological polar surface area (TPSA) is 138 Å². The van der Waals surface area contributed by atoms with Crippen molar-refractivity contribution in [2.24, 2.45) is 0 Å². The van der Waals surface area contributed by atoms with E-state index in [1.165, 1.54) is 0 Å². The summed E-state index contributed by atoms with van der Waals surface area (Å²) in [6.07, 6.45) is 3.51. The van der Waals surface area contributed by atoms with Crippen LogP contribution in [-0.4, -0.2) is 62.2 Å². The van der Waals surface area contributed by atoms with Gasteiger partial charge in [-0.1, -0.05) is 49.4 Å². The number of rotatable bonds is 6. The van der Waals surface area contributed by atoms with Gasteiger partial charge in [-0.25, -0.2) is 15.0 Å². The number of hydrogen-bond acceptors (Lipinski definition) is 10. The molecule has 212 valence electrons. The Labute approximate surface area is 241 Å². The maximum Gasteiger partial charge on any atom is 0.315 e. The van der Waals surface area contributed by atoms with Crippen molar-refractivity contribution in [3.63, 3.8) is 0 Å². The number of aromatic nitrogens is 6. The Morgan fingerprint density at radius 2 is 1.95 bits per heavy atom. The molecule has 3 N–H and O–H groups in total. The molecule has 0 radical (unpaired) electrons. The third-order valence-electron chi connectivity index (χ3n) is 7.22. The highest BCUT2D eigenvalue weighted by Crippen LogP contribution is 2.35. The average Bonchev–Trinajstić information content (AvgIpc) is 3.72. The maximum atomic E-state index is 12.8. The zero-order chi connectivity index (χ0) is 28.7. The summed E-state index contributed by atoms with van der Waals surface area (Å²) < 4.78 is 5.21. The fourth-order valence-electron chi connectivity index (χ4n) is 4.96. The van der Waals surface area contributed by atoms with Gasteiger partial charge in [0.05, 0.1) is 22.3 Å². The highest BCUT2D eigenvalue weighted by atomic mass is 32.1. The Balaban J connectivity index is 1.22. The Morgan fingerprint density at radius 3 is 2.68 bits per heavy atom. The summed E-state index contributed by atoms with van der Waals surface area (Å²) in [6.45, 7) is 13.7. The van der Waals surface area contributed by atoms with E-state index in [0.29, 0.717) is 5.82 Å². The fourth-order valence-corrected chi connectivity index (χ4v) is 5.90. The molecule has 6 rings (SSSR count). The van der Waals surface area contributed by atoms with E-state index in [4.69, 9.17) is 4.52 Å². The number of piperazine rings is 1. The number of hydrogen-bond donors (Lipinski definition) is 3. The molecule has 1 atom stereocenters. The standard InChI is InChI=1S/C29H33N9O2S/c1-16-12-18(6-7-19(16)17(2)34-25(39)26-36-27(37-40-26)29(3,4)5)23-20-13-21(35-24(20)33-15-32-23)22-14-31-28(41-22)38-10-8-30-9-11-38/h6-7,12-15,17,30H,8-11H2,1-5H3,(H,34,39)(H,32,33,35)/t17-/m1/s1. The summed E-state index contributed by atoms with van der Waals surface area (Å²) in [5, 5.41) is 12.3. The third kappa shape index (κ3) is 5.44. The van der Waals surface area contributed by atoms with Crippen LogP contribution in [0.5, 0.6) is 0 Å². The summed E-state index contributed by atoms with van der Waals surface area (Å²) in [4.78, 5) is 37.7. The second-order valence-corrected chi connectivity index (χ2v) is 12.4. The van der Waals surface area contributed by atoms with Crippen molar-refractivity contribution in [3.05, 3.63) is 59.6 Å². The second-order valence-electron chi connectivity index (χ2n) is 11.4. The summed E-state index contributed by atoms with van der Waals surface area (Å²) in [6, 6.07) is 7.98. The quantitative estimate of drug-likeness (QED) is 0.266. The van der Waals surface area contributed by atoms with E-state index in [0.717, 1.165) is 75.3 Å². The smallest absolute Gasteiger partial charge is 0.315 e. The van der Waals surface area contributed by atoms with E-state index in [-0.39, 0.29) is 17.3 Å². The highest BCUT2D eigenvalue weighted by Gasteiger charge is 2.25. The van der Waals surface area contributed by atoms with Crippen LogP contribution < -0.4 is 15.5 Å². The van der Waals surface area contributed by atoms with E-state index < -0.39 is 5.91 Å². The van der Waals surface area contributed by atoms with Crippen molar-refractivity contribution < 1.29 is 9.32 Å². The van der Waals surface area contributed by atoms with E-state index in [2.05, 4.69) is 57.7 Å². The molecule has 5 heterocycles. The summed E-state index contributed by atoms with van der Waals surface area (Å²) >= 11 is 1.68. The van der Waals surface area contributed by atoms with Crippen LogP contribution >= 0.6 is 11.3 Å². The fraction of sp³-hybridized carbons (Fsp3) is 0.379. The lowest BCUT2D eigenvalue weighted by Crippen LogP contribution is -2.43. The molecule has 1 amide bonds. The molecule has 4 aromatic heterocycles. The largest absolute Gasteiger partial charge is 0.346 e. The number of aromatic amines is 1. The minimum atomic E-state index is -0.399. The van der Waals surface area contributed by atoms with Crippen molar-refractivity contribution in [1.82, 2.24) is 40.7 Å². The Kier molecular flexibility index (Phi) is 7.04. The van der Waals surface area contributed by atoms with Crippen molar-refractivity contribution in [2.75, 3.05) is 31.1 Å². The first-order valence-electron chi connectivity index (χ1n) is 13.7. The van der Waals surface area contributed by atoms with Crippen LogP contribution in [0.3, 0.4) is 0 Å². The number of benzene rings is 1. The van der Waals surface area contributed by atoms with Crippen LogP contribution in [0.1, 0.15) is 61.4 Å². The second kappa shape index (κ2) is 10.7. The molecular weight excluding hydrogens is 538 g/mol. The number of aryl methyl sites for hydroxylation is 1. The van der Waals surface area contributed by atoms with Gasteiger partial charge in [-0.3, -0.25) is 4.79 Å². The first kappa shape index (κ1) is 27.0. The lowest BCUT2D eigenvalue weighted by Gasteiger charge is -2.26. The molecule has 41 heavy (non-hydrogen) atoms. The van der Waals surface area contributed by atoms with E-state index in [1.54, 1.807) is 17.7 Å². The number of H-pyrrole nitrogens is 1. The first-order valence-corrected chi connectivity index (χ1v) is 14.5. The lowest BCUT2D eigenvalue weighted by atomic mass is 9.96. The van der Waals surface area contributed by atoms with Crippen molar-refractivity contribution in [3.8, 4) is 21.8 Å². The molecule has 1 fully saturated rings. The molecule has 0 spiro atoms. The zero-order valence-electron chi connectivity index (χ0n) is 23.8. The average molecular weight is 572 g/mol. The van der Waals surface area contributed by atoms with Crippen molar-refractivity contribution in [2.45, 2.75) is 46.1 Å². The summed E-state index contributed by atoms with van der Waals surface area (Å²) in [5.74, 6) is 0.0588. The molecule has 1 aliphatic rings. The molecule has 1 aliphatic heterocycles. The number of carbonyl (C=O) groups excluding carboxylic acids is 1. The monoisotopic (exact) mass is 571 g/mol. The summed E-state index contributed by atoms with van der Waals surface area (Å²) in [7, 11) is 0. The first-order chi connectivity index (χ1) is 19.7. The molecule has 0 aliphatic carbocycles. The Bertz CT molecular complexity index is 1710. The molecule has 1 aromatic carbocycles. The number of carbonyl (C=O) groups is 1. The number of fused-ring (bicyclic) bond motifs is 1. The van der Waals surface area contributed by atoms with Gasteiger partial charge in [0.1, 0.15) is 12.0 Å². The van der Waals surface area contributed by atoms with Gasteiger partial charge >= 0.3 is 11.8 Å². The van der Waals surface area contributed by atoms with Gasteiger partial charge in [0.15, 0.2) is 11.0 Å². The van der Waals surface area contributed by atoms with Crippen LogP contribution in [0.4, 0.5) is 5.13 Å². The van der Waals surface area contributed by atoms with Gasteiger partial charge in [-0.05, 0) is 37.1 Å². The van der Waals surface area contributed by atoms with Crippen LogP contribution in [0, 0.1) is 6.92 Å². The number of nitrogens with zero attached hydrogens (tertiary/aromatic N) is 6. The molecular formula is C29H33N9O2S. The molecule has 0 bridgehead atoms. The van der Waals surface area contributed by atoms with Crippen LogP contribution in [-0.2, 0) is 5.41 Å². The zero-order valence-corrected chi connectivity index (χ0v) is 24.6. The van der Waals surface area contributed by atoms with Gasteiger partial charge in [0.25, 0.3) is 0 Å². The van der Waals surface area contributed by atoms with Crippen LogP contribution in [0.2, 0.25) is 0 Å². The van der Waals surface area contributed by atoms with E-state index >= 15 is 0 Å². The predicted octanol–water partition coefficient (Wildman–Crippen LogP) is 4.64. The van der Waals surface area contributed by atoms with E-state index in [9.17, 15) is 4.79 Å². The number of anilines is 1. The van der Waals surface area contributed by atoms with Crippen LogP contribution in [0.15, 0.2) is 41.3 Å². The Hall–Kier alpha value is -4.16. The molecule has 11 nitrogen and oxygen atoms in total. The van der Waals surface area contributed by atoms with Gasteiger partial charge in [0, 0.05) is 48.7 Å². The van der Waals surface area contributed by atoms with Gasteiger partial charge in [-0.2, -0.15) is 4.98 Å². The number of amides is 1. The third-order valence-corrected chi connectivity index (χ3v) is 8.31. The summed E-state index contributed by atoms with van der Waals surface area (Å²) in [5.41, 5.74) is 5.28. The lowest BCUT2D eigenvalue weighted by molar-refractivity contribution is 0.0895. The molecule has 0 saturated carbocycles. The highest BCUT2D eigenvalue weighted by molar-refractivity contribution is 7.18. The SMILES string of the molecule is Cc1cc(-c2ncnc3[nH]c(-c4cnc(N5CCNCC5)s4)cc23)ccc1[C@@H](C)NC(=O)c1nc(C(C)(C)C)no1. The van der Waals surface area contributed by atoms with Crippen molar-refractivity contribution >= 4 is 33.4 Å². The molecule has 12 heteroatoms. The maximum absolute atomic E-state index is 12.8. The van der Waals surface area contributed by atoms with Gasteiger partial charge in [0.2, 0.25) is 0 Å².